The van der Waals surface area contributed by atoms with Crippen LogP contribution in [0.25, 0.3) is 0 Å². The summed E-state index contributed by atoms with van der Waals surface area (Å²) in [6.45, 7) is 1.91. The molecule has 0 atom stereocenters. The Bertz CT molecular complexity index is 430. The summed E-state index contributed by atoms with van der Waals surface area (Å²) in [6.07, 6.45) is 2.28. The summed E-state index contributed by atoms with van der Waals surface area (Å²) in [7, 11) is 0. The molecule has 0 saturated heterocycles. The lowest BCUT2D eigenvalue weighted by molar-refractivity contribution is -0.125. The Morgan fingerprint density at radius 3 is 2.65 bits per heavy atom. The topological polar surface area (TPSA) is 37.3 Å². The van der Waals surface area contributed by atoms with Crippen molar-refractivity contribution in [1.29, 1.82) is 0 Å². The standard InChI is InChI=1S/C14H17FO2/c1-10-2-3-12(15)8-11(10)9-14(17)6-4-13(16)5-7-14/h2-3,8,17H,4-7,9H2,1H3. The highest BCUT2D eigenvalue weighted by molar-refractivity contribution is 5.79. The molecule has 0 spiro atoms. The predicted molar refractivity (Wildman–Crippen MR) is 63.3 cm³/mol. The van der Waals surface area contributed by atoms with E-state index in [0.717, 1.165) is 11.1 Å². The van der Waals surface area contributed by atoms with E-state index in [1.165, 1.54) is 12.1 Å². The molecule has 2 rings (SSSR count). The summed E-state index contributed by atoms with van der Waals surface area (Å²) in [4.78, 5) is 11.2. The van der Waals surface area contributed by atoms with E-state index in [1.807, 2.05) is 6.92 Å². The second kappa shape index (κ2) is 4.57. The lowest BCUT2D eigenvalue weighted by atomic mass is 9.79. The zero-order chi connectivity index (χ0) is 12.5. The van der Waals surface area contributed by atoms with Gasteiger partial charge in [-0.05, 0) is 43.0 Å². The normalized spacial score (nSPS) is 19.4. The Hall–Kier alpha value is -1.22. The fraction of sp³-hybridized carbons (Fsp3) is 0.500. The fourth-order valence-electron chi connectivity index (χ4n) is 2.36. The molecule has 92 valence electrons. The average molecular weight is 236 g/mol. The van der Waals surface area contributed by atoms with Crippen LogP contribution >= 0.6 is 0 Å². The Labute approximate surface area is 100 Å². The van der Waals surface area contributed by atoms with Gasteiger partial charge in [-0.1, -0.05) is 6.07 Å². The summed E-state index contributed by atoms with van der Waals surface area (Å²) < 4.78 is 13.2. The first-order valence-electron chi connectivity index (χ1n) is 5.98. The molecule has 1 aliphatic carbocycles. The third-order valence-electron chi connectivity index (χ3n) is 3.57. The number of rotatable bonds is 2. The molecule has 1 aliphatic rings. The van der Waals surface area contributed by atoms with Crippen molar-refractivity contribution < 1.29 is 14.3 Å². The van der Waals surface area contributed by atoms with Gasteiger partial charge in [0.1, 0.15) is 11.6 Å². The monoisotopic (exact) mass is 236 g/mol. The molecule has 1 N–H and O–H groups in total. The molecule has 1 aromatic carbocycles. The zero-order valence-corrected chi connectivity index (χ0v) is 10.0. The molecule has 1 fully saturated rings. The molecular formula is C14H17FO2. The zero-order valence-electron chi connectivity index (χ0n) is 10.0. The molecule has 0 heterocycles. The SMILES string of the molecule is Cc1ccc(F)cc1CC1(O)CCC(=O)CC1. The largest absolute Gasteiger partial charge is 0.390 e. The van der Waals surface area contributed by atoms with Crippen LogP contribution in [0.4, 0.5) is 4.39 Å². The maximum Gasteiger partial charge on any atom is 0.133 e. The van der Waals surface area contributed by atoms with E-state index in [2.05, 4.69) is 0 Å². The van der Waals surface area contributed by atoms with Crippen LogP contribution in [0.5, 0.6) is 0 Å². The van der Waals surface area contributed by atoms with Crippen LogP contribution in [-0.4, -0.2) is 16.5 Å². The van der Waals surface area contributed by atoms with E-state index in [4.69, 9.17) is 0 Å². The third-order valence-corrected chi connectivity index (χ3v) is 3.57. The van der Waals surface area contributed by atoms with Crippen molar-refractivity contribution >= 4 is 5.78 Å². The number of Topliss-reactive ketones (excluding diaryl/α,β-unsaturated/α-hetero) is 1. The second-order valence-corrected chi connectivity index (χ2v) is 5.01. The van der Waals surface area contributed by atoms with Crippen LogP contribution in [0, 0.1) is 12.7 Å². The lowest BCUT2D eigenvalue weighted by Crippen LogP contribution is -2.36. The van der Waals surface area contributed by atoms with Crippen LogP contribution in [0.15, 0.2) is 18.2 Å². The van der Waals surface area contributed by atoms with Crippen molar-refractivity contribution in [2.24, 2.45) is 0 Å². The summed E-state index contributed by atoms with van der Waals surface area (Å²) in [5, 5.41) is 10.4. The number of carbonyl (C=O) groups excluding carboxylic acids is 1. The van der Waals surface area contributed by atoms with Gasteiger partial charge < -0.3 is 5.11 Å². The van der Waals surface area contributed by atoms with Crippen LogP contribution in [0.3, 0.4) is 0 Å². The molecule has 2 nitrogen and oxygen atoms in total. The Balaban J connectivity index is 2.14. The fourth-order valence-corrected chi connectivity index (χ4v) is 2.36. The van der Waals surface area contributed by atoms with Gasteiger partial charge in [-0.2, -0.15) is 0 Å². The van der Waals surface area contributed by atoms with E-state index in [0.29, 0.717) is 32.1 Å². The maximum atomic E-state index is 13.2. The Kier molecular flexibility index (Phi) is 3.29. The second-order valence-electron chi connectivity index (χ2n) is 5.01. The quantitative estimate of drug-likeness (QED) is 0.856. The van der Waals surface area contributed by atoms with Gasteiger partial charge in [-0.15, -0.1) is 0 Å². The van der Waals surface area contributed by atoms with Gasteiger partial charge in [0.25, 0.3) is 0 Å². The number of aryl methyl sites for hydroxylation is 1. The Morgan fingerprint density at radius 1 is 1.35 bits per heavy atom. The third kappa shape index (κ3) is 2.91. The van der Waals surface area contributed by atoms with Crippen molar-refractivity contribution in [3.05, 3.63) is 35.1 Å². The van der Waals surface area contributed by atoms with Crippen LogP contribution in [-0.2, 0) is 11.2 Å². The number of hydrogen-bond donors (Lipinski definition) is 1. The molecule has 0 aromatic heterocycles. The van der Waals surface area contributed by atoms with Crippen molar-refractivity contribution in [1.82, 2.24) is 0 Å². The summed E-state index contributed by atoms with van der Waals surface area (Å²) in [6, 6.07) is 4.62. The first-order chi connectivity index (χ1) is 7.98. The predicted octanol–water partition coefficient (Wildman–Crippen LogP) is 2.55. The van der Waals surface area contributed by atoms with Crippen LogP contribution < -0.4 is 0 Å². The number of ketones is 1. The van der Waals surface area contributed by atoms with Crippen LogP contribution in [0.2, 0.25) is 0 Å². The minimum atomic E-state index is -0.841. The minimum Gasteiger partial charge on any atom is -0.390 e. The highest BCUT2D eigenvalue weighted by atomic mass is 19.1. The minimum absolute atomic E-state index is 0.214. The molecule has 1 aromatic rings. The van der Waals surface area contributed by atoms with Crippen molar-refractivity contribution in [3.8, 4) is 0 Å². The van der Waals surface area contributed by atoms with Gasteiger partial charge in [-0.25, -0.2) is 4.39 Å². The van der Waals surface area contributed by atoms with Gasteiger partial charge in [0, 0.05) is 19.3 Å². The maximum absolute atomic E-state index is 13.2. The lowest BCUT2D eigenvalue weighted by Gasteiger charge is -2.32. The van der Waals surface area contributed by atoms with E-state index >= 15 is 0 Å². The van der Waals surface area contributed by atoms with E-state index in [-0.39, 0.29) is 11.6 Å². The van der Waals surface area contributed by atoms with E-state index < -0.39 is 5.60 Å². The molecule has 1 saturated carbocycles. The highest BCUT2D eigenvalue weighted by Gasteiger charge is 2.32. The molecule has 0 amide bonds. The van der Waals surface area contributed by atoms with Gasteiger partial charge in [0.05, 0.1) is 5.60 Å². The number of benzene rings is 1. The number of hydrogen-bond acceptors (Lipinski definition) is 2. The molecular weight excluding hydrogens is 219 g/mol. The molecule has 0 radical (unpaired) electrons. The summed E-state index contributed by atoms with van der Waals surface area (Å²) in [5.41, 5.74) is 0.977. The molecule has 0 bridgehead atoms. The number of aliphatic hydroxyl groups is 1. The first kappa shape index (κ1) is 12.2. The summed E-state index contributed by atoms with van der Waals surface area (Å²) >= 11 is 0. The van der Waals surface area contributed by atoms with Crippen molar-refractivity contribution in [2.75, 3.05) is 0 Å². The summed E-state index contributed by atoms with van der Waals surface area (Å²) in [5.74, 6) is -0.0632. The molecule has 0 unspecified atom stereocenters. The molecule has 0 aliphatic heterocycles. The van der Waals surface area contributed by atoms with E-state index in [9.17, 15) is 14.3 Å². The molecule has 17 heavy (non-hydrogen) atoms. The number of carbonyl (C=O) groups is 1. The average Bonchev–Trinajstić information content (AvgIpc) is 2.28. The van der Waals surface area contributed by atoms with Gasteiger partial charge in [0.2, 0.25) is 0 Å². The van der Waals surface area contributed by atoms with Gasteiger partial charge in [-0.3, -0.25) is 4.79 Å². The molecule has 3 heteroatoms. The van der Waals surface area contributed by atoms with Gasteiger partial charge >= 0.3 is 0 Å². The Morgan fingerprint density at radius 2 is 2.00 bits per heavy atom. The smallest absolute Gasteiger partial charge is 0.133 e. The van der Waals surface area contributed by atoms with Crippen LogP contribution in [0.1, 0.15) is 36.8 Å². The van der Waals surface area contributed by atoms with E-state index in [1.54, 1.807) is 6.07 Å². The van der Waals surface area contributed by atoms with Crippen molar-refractivity contribution in [2.45, 2.75) is 44.6 Å². The number of halogens is 1. The van der Waals surface area contributed by atoms with Crippen molar-refractivity contribution in [3.63, 3.8) is 0 Å². The highest BCUT2D eigenvalue weighted by Crippen LogP contribution is 2.30. The first-order valence-corrected chi connectivity index (χ1v) is 5.98. The van der Waals surface area contributed by atoms with Gasteiger partial charge in [0.15, 0.2) is 0 Å².